The van der Waals surface area contributed by atoms with E-state index < -0.39 is 18.0 Å². The van der Waals surface area contributed by atoms with Crippen molar-refractivity contribution in [3.8, 4) is 5.75 Å². The number of nitrogens with zero attached hydrogens (tertiary/aromatic N) is 1. The molecule has 1 amide bonds. The van der Waals surface area contributed by atoms with E-state index in [1.165, 1.54) is 12.1 Å². The average molecular weight is 507 g/mol. The number of benzene rings is 2. The molecule has 0 aliphatic carbocycles. The lowest BCUT2D eigenvalue weighted by Crippen LogP contribution is -2.36. The molecule has 0 bridgehead atoms. The molecule has 0 atom stereocenters. The summed E-state index contributed by atoms with van der Waals surface area (Å²) in [5, 5.41) is 7.83. The van der Waals surface area contributed by atoms with Crippen LogP contribution in [-0.4, -0.2) is 47.8 Å². The van der Waals surface area contributed by atoms with Gasteiger partial charge in [0, 0.05) is 35.8 Å². The van der Waals surface area contributed by atoms with E-state index in [0.29, 0.717) is 30.9 Å². The topological polar surface area (TPSA) is 92.9 Å². The lowest BCUT2D eigenvalue weighted by Gasteiger charge is -2.29. The number of hydrogen-bond acceptors (Lipinski definition) is 4. The Morgan fingerprint density at radius 2 is 1.91 bits per heavy atom. The van der Waals surface area contributed by atoms with Crippen LogP contribution < -0.4 is 10.5 Å². The molecule has 12 heteroatoms. The maximum Gasteiger partial charge on any atom is 0.490 e. The Morgan fingerprint density at radius 1 is 1.24 bits per heavy atom. The first-order valence-corrected chi connectivity index (χ1v) is 10.1. The Hall–Kier alpha value is -3.18. The molecule has 0 fully saturated rings. The lowest BCUT2D eigenvalue weighted by atomic mass is 9.99. The first-order valence-electron chi connectivity index (χ1n) is 9.74. The summed E-state index contributed by atoms with van der Waals surface area (Å²) in [7, 11) is 0. The number of fused-ring (bicyclic) bond motifs is 1. The first-order chi connectivity index (χ1) is 16.0. The van der Waals surface area contributed by atoms with Crippen molar-refractivity contribution in [1.82, 2.24) is 4.90 Å². The summed E-state index contributed by atoms with van der Waals surface area (Å²) in [4.78, 5) is 23.3. The van der Waals surface area contributed by atoms with Crippen molar-refractivity contribution >= 4 is 23.5 Å². The van der Waals surface area contributed by atoms with Crippen LogP contribution in [0.1, 0.15) is 21.5 Å². The van der Waals surface area contributed by atoms with E-state index in [0.717, 1.165) is 17.2 Å². The van der Waals surface area contributed by atoms with Gasteiger partial charge in [-0.05, 0) is 41.8 Å². The number of alkyl halides is 3. The molecule has 0 unspecified atom stereocenters. The van der Waals surface area contributed by atoms with E-state index in [-0.39, 0.29) is 35.9 Å². The van der Waals surface area contributed by atoms with E-state index in [9.17, 15) is 26.7 Å². The van der Waals surface area contributed by atoms with Crippen molar-refractivity contribution in [2.75, 3.05) is 19.7 Å². The molecule has 0 saturated heterocycles. The van der Waals surface area contributed by atoms with Crippen LogP contribution in [0.2, 0.25) is 5.02 Å². The molecule has 1 heterocycles. The minimum Gasteiger partial charge on any atom is -0.486 e. The van der Waals surface area contributed by atoms with Crippen LogP contribution >= 0.6 is 11.6 Å². The standard InChI is InChI=1S/C20H19ClF2N2O2.C2HF3O2/c21-17-3-1-2-15-11-25(7-6-16(15)17)20(26)14-4-5-19(18(23)8-14)27-12-13(9-22)10-24;3-2(4,5)1(6)7/h1-5,8-9H,6-7,10-12,24H2;(H,6,7)/b13-9+;. The Morgan fingerprint density at radius 3 is 2.47 bits per heavy atom. The van der Waals surface area contributed by atoms with Gasteiger partial charge in [-0.15, -0.1) is 0 Å². The van der Waals surface area contributed by atoms with Gasteiger partial charge in [-0.1, -0.05) is 23.7 Å². The van der Waals surface area contributed by atoms with Crippen LogP contribution in [0.5, 0.6) is 5.75 Å². The summed E-state index contributed by atoms with van der Waals surface area (Å²) < 4.78 is 63.7. The molecule has 0 saturated carbocycles. The molecular weight excluding hydrogens is 487 g/mol. The summed E-state index contributed by atoms with van der Waals surface area (Å²) in [5.74, 6) is -3.77. The molecule has 2 aromatic carbocycles. The van der Waals surface area contributed by atoms with Gasteiger partial charge in [-0.3, -0.25) is 4.79 Å². The molecule has 34 heavy (non-hydrogen) atoms. The Bertz CT molecular complexity index is 1080. The lowest BCUT2D eigenvalue weighted by molar-refractivity contribution is -0.192. The Balaban J connectivity index is 0.000000509. The fraction of sp³-hybridized carbons (Fsp3) is 0.273. The van der Waals surface area contributed by atoms with Crippen molar-refractivity contribution in [3.05, 3.63) is 75.8 Å². The van der Waals surface area contributed by atoms with Gasteiger partial charge >= 0.3 is 12.1 Å². The van der Waals surface area contributed by atoms with Gasteiger partial charge in [0.05, 0.1) is 6.33 Å². The van der Waals surface area contributed by atoms with Crippen molar-refractivity contribution in [1.29, 1.82) is 0 Å². The minimum absolute atomic E-state index is 0.0187. The van der Waals surface area contributed by atoms with Crippen LogP contribution in [0.15, 0.2) is 48.3 Å². The molecule has 2 aromatic rings. The largest absolute Gasteiger partial charge is 0.490 e. The number of rotatable bonds is 5. The number of hydrogen-bond donors (Lipinski definition) is 2. The molecule has 6 nitrogen and oxygen atoms in total. The fourth-order valence-electron chi connectivity index (χ4n) is 2.98. The van der Waals surface area contributed by atoms with Crippen LogP contribution in [0.25, 0.3) is 0 Å². The van der Waals surface area contributed by atoms with Gasteiger partial charge in [0.2, 0.25) is 0 Å². The molecule has 1 aliphatic rings. The predicted molar refractivity (Wildman–Crippen MR) is 114 cm³/mol. The second kappa shape index (κ2) is 11.8. The SMILES string of the molecule is NC/C(=C\F)COc1ccc(C(=O)N2CCc3c(Cl)cccc3C2)cc1F.O=C(O)C(F)(F)F. The van der Waals surface area contributed by atoms with E-state index in [4.69, 9.17) is 32.0 Å². The zero-order valence-corrected chi connectivity index (χ0v) is 18.3. The highest BCUT2D eigenvalue weighted by Gasteiger charge is 2.38. The quantitative estimate of drug-likeness (QED) is 0.582. The van der Waals surface area contributed by atoms with Gasteiger partial charge in [0.1, 0.15) is 6.61 Å². The molecule has 0 aromatic heterocycles. The van der Waals surface area contributed by atoms with Gasteiger partial charge in [0.25, 0.3) is 5.91 Å². The molecule has 0 radical (unpaired) electrons. The fourth-order valence-corrected chi connectivity index (χ4v) is 3.26. The molecule has 0 spiro atoms. The van der Waals surface area contributed by atoms with E-state index in [2.05, 4.69) is 0 Å². The number of aliphatic carboxylic acids is 1. The van der Waals surface area contributed by atoms with Gasteiger partial charge in [-0.25, -0.2) is 13.6 Å². The predicted octanol–water partition coefficient (Wildman–Crippen LogP) is 4.50. The molecule has 3 rings (SSSR count). The second-order valence-electron chi connectivity index (χ2n) is 7.06. The normalized spacial score (nSPS) is 13.5. The summed E-state index contributed by atoms with van der Waals surface area (Å²) >= 11 is 6.20. The third-order valence-corrected chi connectivity index (χ3v) is 5.10. The van der Waals surface area contributed by atoms with E-state index >= 15 is 0 Å². The summed E-state index contributed by atoms with van der Waals surface area (Å²) in [5.41, 5.74) is 7.82. The van der Waals surface area contributed by atoms with Crippen molar-refractivity contribution in [2.45, 2.75) is 19.1 Å². The van der Waals surface area contributed by atoms with Crippen LogP contribution in [0.4, 0.5) is 22.0 Å². The number of nitrogens with two attached hydrogens (primary N) is 1. The molecule has 1 aliphatic heterocycles. The number of carbonyl (C=O) groups excluding carboxylic acids is 1. The average Bonchev–Trinajstić information content (AvgIpc) is 2.79. The molecule has 3 N–H and O–H groups in total. The van der Waals surface area contributed by atoms with E-state index in [1.807, 2.05) is 18.2 Å². The zero-order valence-electron chi connectivity index (χ0n) is 17.5. The monoisotopic (exact) mass is 506 g/mol. The third kappa shape index (κ3) is 7.16. The minimum atomic E-state index is -5.08. The smallest absolute Gasteiger partial charge is 0.486 e. The van der Waals surface area contributed by atoms with Crippen LogP contribution in [0, 0.1) is 5.82 Å². The number of carboxylic acid groups (broad SMARTS) is 1. The summed E-state index contributed by atoms with van der Waals surface area (Å²) in [6.07, 6.45) is -4.09. The van der Waals surface area contributed by atoms with Crippen LogP contribution in [0.3, 0.4) is 0 Å². The first kappa shape index (κ1) is 27.1. The third-order valence-electron chi connectivity index (χ3n) is 4.75. The summed E-state index contributed by atoms with van der Waals surface area (Å²) in [6, 6.07) is 9.61. The number of carbonyl (C=O) groups is 2. The van der Waals surface area contributed by atoms with Gasteiger partial charge < -0.3 is 20.5 Å². The van der Waals surface area contributed by atoms with E-state index in [1.54, 1.807) is 4.90 Å². The Kier molecular flexibility index (Phi) is 9.39. The maximum atomic E-state index is 14.3. The highest BCUT2D eigenvalue weighted by molar-refractivity contribution is 6.31. The van der Waals surface area contributed by atoms with Crippen LogP contribution in [-0.2, 0) is 17.8 Å². The molecule has 184 valence electrons. The van der Waals surface area contributed by atoms with Crippen molar-refractivity contribution in [3.63, 3.8) is 0 Å². The second-order valence-corrected chi connectivity index (χ2v) is 7.47. The van der Waals surface area contributed by atoms with Crippen molar-refractivity contribution < 1.29 is 41.4 Å². The number of ether oxygens (including phenoxy) is 1. The highest BCUT2D eigenvalue weighted by Crippen LogP contribution is 2.27. The highest BCUT2D eigenvalue weighted by atomic mass is 35.5. The van der Waals surface area contributed by atoms with Crippen molar-refractivity contribution in [2.24, 2.45) is 5.73 Å². The zero-order chi connectivity index (χ0) is 25.5. The number of amides is 1. The maximum absolute atomic E-state index is 14.3. The molecular formula is C22H20ClF5N2O4. The van der Waals surface area contributed by atoms with Gasteiger partial charge in [0.15, 0.2) is 11.6 Å². The summed E-state index contributed by atoms with van der Waals surface area (Å²) in [6.45, 7) is 0.766. The number of carboxylic acids is 1. The Labute approximate surface area is 196 Å². The van der Waals surface area contributed by atoms with Gasteiger partial charge in [-0.2, -0.15) is 13.2 Å². The number of halogens is 6.